The molecule has 16 heteroatoms. The summed E-state index contributed by atoms with van der Waals surface area (Å²) in [6, 6.07) is 17.5. The van der Waals surface area contributed by atoms with Crippen LogP contribution in [-0.2, 0) is 50.2 Å². The Labute approximate surface area is 329 Å². The third-order valence-electron chi connectivity index (χ3n) is 10.1. The number of nitrogens with one attached hydrogen (secondary N) is 2. The molecule has 0 radical (unpaired) electrons. The van der Waals surface area contributed by atoms with Crippen LogP contribution in [-0.4, -0.2) is 63.5 Å². The molecule has 2 N–H and O–H groups in total. The molecule has 6 aromatic rings. The number of sulfonamides is 1. The van der Waals surface area contributed by atoms with E-state index in [-0.39, 0.29) is 35.7 Å². The number of aromatic nitrogens is 5. The van der Waals surface area contributed by atoms with E-state index in [1.807, 2.05) is 37.3 Å². The van der Waals surface area contributed by atoms with Gasteiger partial charge in [-0.15, -0.1) is 0 Å². The van der Waals surface area contributed by atoms with E-state index in [1.54, 1.807) is 56.9 Å². The highest BCUT2D eigenvalue weighted by Gasteiger charge is 2.45. The highest BCUT2D eigenvalue weighted by Crippen LogP contribution is 2.40. The quantitative estimate of drug-likeness (QED) is 0.153. The van der Waals surface area contributed by atoms with Gasteiger partial charge in [-0.3, -0.25) is 18.9 Å². The first kappa shape index (κ1) is 39.6. The molecule has 57 heavy (non-hydrogen) atoms. The molecule has 0 aliphatic heterocycles. The van der Waals surface area contributed by atoms with E-state index >= 15 is 0 Å². The van der Waals surface area contributed by atoms with E-state index in [0.29, 0.717) is 34.9 Å². The van der Waals surface area contributed by atoms with Crippen molar-refractivity contribution in [2.75, 3.05) is 11.0 Å². The molecule has 3 aromatic carbocycles. The molecule has 1 fully saturated rings. The topological polar surface area (TPSA) is 158 Å². The summed E-state index contributed by atoms with van der Waals surface area (Å²) >= 11 is 0. The van der Waals surface area contributed by atoms with Crippen LogP contribution in [0.5, 0.6) is 0 Å². The maximum absolute atomic E-state index is 14.7. The monoisotopic (exact) mass is 813 g/mol. The molecule has 0 spiro atoms. The van der Waals surface area contributed by atoms with Crippen LogP contribution < -0.4 is 10.0 Å². The van der Waals surface area contributed by atoms with Crippen LogP contribution in [0.15, 0.2) is 72.9 Å². The first-order valence-electron chi connectivity index (χ1n) is 18.1. The zero-order valence-corrected chi connectivity index (χ0v) is 33.8. The highest BCUT2D eigenvalue weighted by molar-refractivity contribution is 7.93. The molecule has 296 valence electrons. The first-order valence-corrected chi connectivity index (χ1v) is 21.6. The summed E-state index contributed by atoms with van der Waals surface area (Å²) in [5.41, 5.74) is 2.13. The Hall–Kier alpha value is -5.66. The lowest BCUT2D eigenvalue weighted by atomic mass is 9.83. The average molecular weight is 814 g/mol. The van der Waals surface area contributed by atoms with Crippen LogP contribution in [0, 0.1) is 30.4 Å². The van der Waals surface area contributed by atoms with Crippen molar-refractivity contribution in [2.45, 2.75) is 69.0 Å². The van der Waals surface area contributed by atoms with Gasteiger partial charge in [0.1, 0.15) is 28.6 Å². The van der Waals surface area contributed by atoms with Gasteiger partial charge in [-0.1, -0.05) is 36.3 Å². The van der Waals surface area contributed by atoms with Crippen LogP contribution in [0.3, 0.4) is 0 Å². The summed E-state index contributed by atoms with van der Waals surface area (Å²) in [5, 5.41) is 12.9. The summed E-state index contributed by atoms with van der Waals surface area (Å²) in [6.07, 6.45) is 3.69. The molecule has 0 bridgehead atoms. The molecule has 1 atom stereocenters. The Morgan fingerprint density at radius 2 is 1.65 bits per heavy atom. The van der Waals surface area contributed by atoms with Crippen molar-refractivity contribution in [3.05, 3.63) is 107 Å². The number of para-hydroxylation sites is 1. The van der Waals surface area contributed by atoms with Gasteiger partial charge in [0.15, 0.2) is 15.7 Å². The molecule has 1 aliphatic rings. The number of hydrogen-bond acceptors (Lipinski definition) is 8. The molecule has 3 heterocycles. The number of aryl methyl sites for hydroxylation is 2. The van der Waals surface area contributed by atoms with Crippen LogP contribution in [0.2, 0.25) is 0 Å². The van der Waals surface area contributed by atoms with Gasteiger partial charge in [0.05, 0.1) is 40.0 Å². The van der Waals surface area contributed by atoms with Gasteiger partial charge in [0.2, 0.25) is 15.9 Å². The zero-order chi connectivity index (χ0) is 41.1. The van der Waals surface area contributed by atoms with Gasteiger partial charge in [-0.25, -0.2) is 30.6 Å². The maximum Gasteiger partial charge on any atom is 0.242 e. The normalized spacial score (nSPS) is 14.6. The van der Waals surface area contributed by atoms with Crippen molar-refractivity contribution in [1.82, 2.24) is 29.9 Å². The number of rotatable bonds is 11. The summed E-state index contributed by atoms with van der Waals surface area (Å²) in [6.45, 7) is 6.40. The smallest absolute Gasteiger partial charge is 0.242 e. The third-order valence-corrected chi connectivity index (χ3v) is 13.5. The van der Waals surface area contributed by atoms with Crippen molar-refractivity contribution in [2.24, 2.45) is 7.05 Å². The third kappa shape index (κ3) is 7.99. The second kappa shape index (κ2) is 14.4. The lowest BCUT2D eigenvalue weighted by Gasteiger charge is -2.33. The number of nitrogens with zero attached hydrogens (tertiary/aromatic N) is 5. The molecule has 0 saturated heterocycles. The summed E-state index contributed by atoms with van der Waals surface area (Å²) in [4.78, 5) is 19.2. The molecule has 1 saturated carbocycles. The molecule has 1 aliphatic carbocycles. The van der Waals surface area contributed by atoms with Gasteiger partial charge in [-0.05, 0) is 87.9 Å². The Morgan fingerprint density at radius 1 is 0.965 bits per heavy atom. The summed E-state index contributed by atoms with van der Waals surface area (Å²) in [5.74, 6) is 3.89. The van der Waals surface area contributed by atoms with Crippen LogP contribution in [0.4, 0.5) is 14.6 Å². The fraction of sp³-hybridized carbons (Fsp3) is 0.317. The van der Waals surface area contributed by atoms with E-state index in [0.717, 1.165) is 28.8 Å². The minimum atomic E-state index is -3.72. The number of fused-ring (bicyclic) bond motifs is 2. The van der Waals surface area contributed by atoms with Gasteiger partial charge < -0.3 is 5.32 Å². The van der Waals surface area contributed by atoms with Crippen LogP contribution in [0.1, 0.15) is 56.1 Å². The molecule has 1 amide bonds. The first-order chi connectivity index (χ1) is 26.7. The minimum absolute atomic E-state index is 0.114. The second-order valence-electron chi connectivity index (χ2n) is 15.3. The SMILES string of the molecule is Cc1ccc(-c2ccc(C#CC(C)(C)S(=O)(=O)C3CC3)nc2C(C)(Cc2cc(F)cc(F)c2)NC(=O)Cn2ncc3ccccc32)c2c1c(NS(C)(=O)=O)nn2C. The predicted molar refractivity (Wildman–Crippen MR) is 215 cm³/mol. The number of halogens is 2. The molecular weight excluding hydrogens is 773 g/mol. The van der Waals surface area contributed by atoms with Crippen LogP contribution >= 0.6 is 0 Å². The fourth-order valence-electron chi connectivity index (χ4n) is 7.23. The van der Waals surface area contributed by atoms with Crippen molar-refractivity contribution in [3.63, 3.8) is 0 Å². The van der Waals surface area contributed by atoms with Crippen LogP contribution in [0.25, 0.3) is 32.9 Å². The fourth-order valence-corrected chi connectivity index (χ4v) is 9.51. The van der Waals surface area contributed by atoms with Gasteiger partial charge in [-0.2, -0.15) is 10.2 Å². The number of carbonyl (C=O) groups excluding carboxylic acids is 1. The molecule has 3 aromatic heterocycles. The predicted octanol–water partition coefficient (Wildman–Crippen LogP) is 5.92. The number of amides is 1. The van der Waals surface area contributed by atoms with Crippen molar-refractivity contribution < 1.29 is 30.4 Å². The van der Waals surface area contributed by atoms with E-state index < -0.39 is 52.9 Å². The lowest BCUT2D eigenvalue weighted by Crippen LogP contribution is -2.47. The van der Waals surface area contributed by atoms with Gasteiger partial charge in [0.25, 0.3) is 0 Å². The number of anilines is 1. The second-order valence-corrected chi connectivity index (χ2v) is 19.8. The Morgan fingerprint density at radius 3 is 2.33 bits per heavy atom. The summed E-state index contributed by atoms with van der Waals surface area (Å²) < 4.78 is 85.0. The summed E-state index contributed by atoms with van der Waals surface area (Å²) in [7, 11) is -5.62. The van der Waals surface area contributed by atoms with E-state index in [4.69, 9.17) is 4.98 Å². The largest absolute Gasteiger partial charge is 0.343 e. The van der Waals surface area contributed by atoms with E-state index in [2.05, 4.69) is 32.1 Å². The Kier molecular flexibility index (Phi) is 9.98. The number of hydrogen-bond donors (Lipinski definition) is 2. The van der Waals surface area contributed by atoms with Gasteiger partial charge in [0, 0.05) is 41.4 Å². The van der Waals surface area contributed by atoms with E-state index in [9.17, 15) is 30.4 Å². The van der Waals surface area contributed by atoms with Gasteiger partial charge >= 0.3 is 0 Å². The Balaban J connectivity index is 1.44. The van der Waals surface area contributed by atoms with E-state index in [1.165, 1.54) is 16.8 Å². The molecular formula is C41H41F2N7O5S2. The lowest BCUT2D eigenvalue weighted by molar-refractivity contribution is -0.123. The number of carbonyl (C=O) groups is 1. The molecule has 12 nitrogen and oxygen atoms in total. The Bertz CT molecular complexity index is 2870. The van der Waals surface area contributed by atoms with Crippen molar-refractivity contribution >= 4 is 53.4 Å². The van der Waals surface area contributed by atoms with Crippen molar-refractivity contribution in [3.8, 4) is 23.0 Å². The highest BCUT2D eigenvalue weighted by atomic mass is 32.2. The number of pyridine rings is 1. The van der Waals surface area contributed by atoms with Crippen molar-refractivity contribution in [1.29, 1.82) is 0 Å². The minimum Gasteiger partial charge on any atom is -0.343 e. The maximum atomic E-state index is 14.7. The standard InChI is InChI=1S/C41H41F2N7O5S2/c1-25-11-15-32(37-36(25)39(47-49(37)5)48-56(6,52)53)33-16-12-30(17-18-40(2,3)57(54,55)31-13-14-31)45-38(33)41(4,22-26-19-28(42)21-29(43)20-26)46-35(51)24-50-34-10-8-7-9-27(34)23-44-50/h7-12,15-16,19-21,23,31H,13-14,22,24H2,1-6H3,(H,46,51)(H,47,48). The molecule has 1 unspecified atom stereocenters. The average Bonchev–Trinajstić information content (AvgIpc) is 3.84. The zero-order valence-electron chi connectivity index (χ0n) is 32.2. The number of benzene rings is 3. The molecule has 7 rings (SSSR count). The number of sulfone groups is 1.